The third-order valence-electron chi connectivity index (χ3n) is 5.97. The topological polar surface area (TPSA) is 95.9 Å². The van der Waals surface area contributed by atoms with E-state index in [1.165, 1.54) is 0 Å². The van der Waals surface area contributed by atoms with Crippen molar-refractivity contribution in [2.75, 3.05) is 25.5 Å². The standard InChI is InChI=1S/C21H28N2O5/c1-28-18-5-3-2-4-17(18)22-19(24)14-10-12-23(13-11-14)20(25)15-6-8-16(9-7-15)21(26)27/h2-5,14-16H,6-13H2,1H3,(H,22,24)(H,26,27). The van der Waals surface area contributed by atoms with Crippen molar-refractivity contribution in [3.05, 3.63) is 24.3 Å². The number of anilines is 1. The Hall–Kier alpha value is -2.57. The van der Waals surface area contributed by atoms with E-state index in [1.807, 2.05) is 23.1 Å². The van der Waals surface area contributed by atoms with E-state index in [4.69, 9.17) is 9.84 Å². The minimum absolute atomic E-state index is 0.0430. The number of hydrogen-bond donors (Lipinski definition) is 2. The van der Waals surface area contributed by atoms with Gasteiger partial charge in [-0.3, -0.25) is 14.4 Å². The molecule has 1 aliphatic carbocycles. The van der Waals surface area contributed by atoms with Gasteiger partial charge in [0.25, 0.3) is 0 Å². The Bertz CT molecular complexity index is 719. The van der Waals surface area contributed by atoms with Gasteiger partial charge in [-0.25, -0.2) is 0 Å². The molecule has 1 aromatic rings. The third-order valence-corrected chi connectivity index (χ3v) is 5.97. The fourth-order valence-corrected chi connectivity index (χ4v) is 4.19. The lowest BCUT2D eigenvalue weighted by atomic mass is 9.81. The summed E-state index contributed by atoms with van der Waals surface area (Å²) in [5.74, 6) is -0.570. The molecule has 2 amide bonds. The van der Waals surface area contributed by atoms with Crippen molar-refractivity contribution in [3.63, 3.8) is 0 Å². The largest absolute Gasteiger partial charge is 0.495 e. The number of benzene rings is 1. The molecule has 3 rings (SSSR count). The molecule has 0 spiro atoms. The average Bonchev–Trinajstić information content (AvgIpc) is 2.73. The van der Waals surface area contributed by atoms with Gasteiger partial charge in [0, 0.05) is 24.9 Å². The zero-order valence-corrected chi connectivity index (χ0v) is 16.2. The summed E-state index contributed by atoms with van der Waals surface area (Å²) in [6, 6.07) is 7.31. The number of rotatable bonds is 5. The van der Waals surface area contributed by atoms with E-state index < -0.39 is 5.97 Å². The second-order valence-corrected chi connectivity index (χ2v) is 7.68. The predicted octanol–water partition coefficient (Wildman–Crippen LogP) is 2.76. The molecule has 1 aliphatic heterocycles. The minimum atomic E-state index is -0.757. The number of ether oxygens (including phenoxy) is 1. The Morgan fingerprint density at radius 2 is 1.57 bits per heavy atom. The van der Waals surface area contributed by atoms with Crippen LogP contribution in [0.15, 0.2) is 24.3 Å². The number of nitrogens with zero attached hydrogens (tertiary/aromatic N) is 1. The van der Waals surface area contributed by atoms with E-state index in [9.17, 15) is 14.4 Å². The summed E-state index contributed by atoms with van der Waals surface area (Å²) < 4.78 is 5.27. The first kappa shape index (κ1) is 20.2. The number of likely N-dealkylation sites (tertiary alicyclic amines) is 1. The van der Waals surface area contributed by atoms with Gasteiger partial charge >= 0.3 is 5.97 Å². The molecule has 0 aromatic heterocycles. The Morgan fingerprint density at radius 1 is 0.964 bits per heavy atom. The second kappa shape index (κ2) is 9.08. The summed E-state index contributed by atoms with van der Waals surface area (Å²) in [5, 5.41) is 12.0. The number of aliphatic carboxylic acids is 1. The zero-order chi connectivity index (χ0) is 20.1. The molecule has 2 N–H and O–H groups in total. The van der Waals surface area contributed by atoms with Crippen LogP contribution in [0.25, 0.3) is 0 Å². The molecule has 0 unspecified atom stereocenters. The van der Waals surface area contributed by atoms with Gasteiger partial charge in [-0.05, 0) is 50.7 Å². The summed E-state index contributed by atoms with van der Waals surface area (Å²) >= 11 is 0. The van der Waals surface area contributed by atoms with Crippen LogP contribution in [0.5, 0.6) is 5.75 Å². The molecule has 1 saturated heterocycles. The van der Waals surface area contributed by atoms with Gasteiger partial charge in [0.1, 0.15) is 5.75 Å². The first-order valence-corrected chi connectivity index (χ1v) is 9.95. The van der Waals surface area contributed by atoms with Crippen LogP contribution in [0.1, 0.15) is 38.5 Å². The number of carboxylic acid groups (broad SMARTS) is 1. The Morgan fingerprint density at radius 3 is 2.18 bits per heavy atom. The highest BCUT2D eigenvalue weighted by atomic mass is 16.5. The predicted molar refractivity (Wildman–Crippen MR) is 104 cm³/mol. The van der Waals surface area contributed by atoms with Crippen LogP contribution in [-0.4, -0.2) is 48.0 Å². The van der Waals surface area contributed by atoms with Gasteiger partial charge in [-0.2, -0.15) is 0 Å². The van der Waals surface area contributed by atoms with E-state index in [2.05, 4.69) is 5.32 Å². The van der Waals surface area contributed by atoms with E-state index >= 15 is 0 Å². The molecule has 7 heteroatoms. The van der Waals surface area contributed by atoms with Crippen LogP contribution in [-0.2, 0) is 14.4 Å². The SMILES string of the molecule is COc1ccccc1NC(=O)C1CCN(C(=O)C2CCC(C(=O)O)CC2)CC1. The maximum Gasteiger partial charge on any atom is 0.306 e. The van der Waals surface area contributed by atoms with Gasteiger partial charge in [-0.15, -0.1) is 0 Å². The molecule has 28 heavy (non-hydrogen) atoms. The van der Waals surface area contributed by atoms with Crippen molar-refractivity contribution in [2.24, 2.45) is 17.8 Å². The van der Waals surface area contributed by atoms with Crippen LogP contribution in [0.2, 0.25) is 0 Å². The lowest BCUT2D eigenvalue weighted by Gasteiger charge is -2.35. The maximum atomic E-state index is 12.7. The summed E-state index contributed by atoms with van der Waals surface area (Å²) in [4.78, 5) is 38.2. The van der Waals surface area contributed by atoms with Crippen molar-refractivity contribution in [3.8, 4) is 5.75 Å². The van der Waals surface area contributed by atoms with Crippen LogP contribution < -0.4 is 10.1 Å². The number of hydrogen-bond acceptors (Lipinski definition) is 4. The molecule has 1 heterocycles. The maximum absolute atomic E-state index is 12.7. The van der Waals surface area contributed by atoms with Crippen LogP contribution >= 0.6 is 0 Å². The normalized spacial score (nSPS) is 23.1. The molecule has 0 radical (unpaired) electrons. The van der Waals surface area contributed by atoms with Crippen molar-refractivity contribution < 1.29 is 24.2 Å². The summed E-state index contributed by atoms with van der Waals surface area (Å²) in [7, 11) is 1.57. The molecular weight excluding hydrogens is 360 g/mol. The highest BCUT2D eigenvalue weighted by Gasteiger charge is 2.34. The number of para-hydroxylation sites is 2. The van der Waals surface area contributed by atoms with Crippen LogP contribution in [0.3, 0.4) is 0 Å². The average molecular weight is 388 g/mol. The minimum Gasteiger partial charge on any atom is -0.495 e. The van der Waals surface area contributed by atoms with Crippen LogP contribution in [0, 0.1) is 17.8 Å². The quantitative estimate of drug-likeness (QED) is 0.809. The van der Waals surface area contributed by atoms with E-state index in [0.29, 0.717) is 63.1 Å². The molecule has 152 valence electrons. The molecule has 1 aromatic carbocycles. The molecule has 7 nitrogen and oxygen atoms in total. The van der Waals surface area contributed by atoms with Crippen LogP contribution in [0.4, 0.5) is 5.69 Å². The number of methoxy groups -OCH3 is 1. The third kappa shape index (κ3) is 4.64. The van der Waals surface area contributed by atoms with E-state index in [-0.39, 0.29) is 29.6 Å². The number of carbonyl (C=O) groups is 3. The monoisotopic (exact) mass is 388 g/mol. The molecule has 2 aliphatic rings. The highest BCUT2D eigenvalue weighted by molar-refractivity contribution is 5.94. The van der Waals surface area contributed by atoms with Gasteiger partial charge in [0.05, 0.1) is 18.7 Å². The lowest BCUT2D eigenvalue weighted by Crippen LogP contribution is -2.44. The van der Waals surface area contributed by atoms with Crippen molar-refractivity contribution >= 4 is 23.5 Å². The smallest absolute Gasteiger partial charge is 0.306 e. The summed E-state index contributed by atoms with van der Waals surface area (Å²) in [6.45, 7) is 1.14. The molecule has 0 atom stereocenters. The van der Waals surface area contributed by atoms with Gasteiger partial charge in [0.2, 0.25) is 11.8 Å². The first-order valence-electron chi connectivity index (χ1n) is 9.95. The number of carbonyl (C=O) groups excluding carboxylic acids is 2. The second-order valence-electron chi connectivity index (χ2n) is 7.68. The number of piperidine rings is 1. The fraction of sp³-hybridized carbons (Fsp3) is 0.571. The fourth-order valence-electron chi connectivity index (χ4n) is 4.19. The van der Waals surface area contributed by atoms with E-state index in [0.717, 1.165) is 0 Å². The van der Waals surface area contributed by atoms with Gasteiger partial charge < -0.3 is 20.1 Å². The molecular formula is C21H28N2O5. The van der Waals surface area contributed by atoms with Crippen molar-refractivity contribution in [1.82, 2.24) is 4.90 Å². The Labute approximate surface area is 165 Å². The summed E-state index contributed by atoms with van der Waals surface area (Å²) in [6.07, 6.45) is 3.70. The Balaban J connectivity index is 1.48. The van der Waals surface area contributed by atoms with Crippen molar-refractivity contribution in [1.29, 1.82) is 0 Å². The first-order chi connectivity index (χ1) is 13.5. The van der Waals surface area contributed by atoms with Gasteiger partial charge in [0.15, 0.2) is 0 Å². The Kier molecular flexibility index (Phi) is 6.54. The van der Waals surface area contributed by atoms with Crippen molar-refractivity contribution in [2.45, 2.75) is 38.5 Å². The zero-order valence-electron chi connectivity index (χ0n) is 16.2. The molecule has 1 saturated carbocycles. The lowest BCUT2D eigenvalue weighted by molar-refractivity contribution is -0.146. The number of amides is 2. The number of carboxylic acids is 1. The molecule has 2 fully saturated rings. The van der Waals surface area contributed by atoms with Gasteiger partial charge in [-0.1, -0.05) is 12.1 Å². The molecule has 0 bridgehead atoms. The van der Waals surface area contributed by atoms with E-state index in [1.54, 1.807) is 13.2 Å². The summed E-state index contributed by atoms with van der Waals surface area (Å²) in [5.41, 5.74) is 0.656. The highest BCUT2D eigenvalue weighted by Crippen LogP contribution is 2.32. The number of nitrogens with one attached hydrogen (secondary N) is 1.